The van der Waals surface area contributed by atoms with Crippen molar-refractivity contribution >= 4 is 15.7 Å². The van der Waals surface area contributed by atoms with Crippen LogP contribution in [0.1, 0.15) is 20.3 Å². The van der Waals surface area contributed by atoms with E-state index in [1.54, 1.807) is 6.92 Å². The Balaban J connectivity index is 3.40. The number of ether oxygens (including phenoxy) is 1. The third-order valence-electron chi connectivity index (χ3n) is 2.96. The Morgan fingerprint density at radius 1 is 1.52 bits per heavy atom. The number of nitro groups is 1. The average Bonchev–Trinajstić information content (AvgIpc) is 2.45. The van der Waals surface area contributed by atoms with E-state index in [0.29, 0.717) is 0 Å². The minimum atomic E-state index is -4.14. The lowest BCUT2D eigenvalue weighted by atomic mass is 10.0. The van der Waals surface area contributed by atoms with Crippen molar-refractivity contribution in [1.29, 1.82) is 5.26 Å². The molecule has 114 valence electrons. The fourth-order valence-corrected chi connectivity index (χ4v) is 3.10. The highest BCUT2D eigenvalue weighted by atomic mass is 32.2. The molecule has 1 unspecified atom stereocenters. The third kappa shape index (κ3) is 3.68. The Kier molecular flexibility index (Phi) is 4.88. The second-order valence-electron chi connectivity index (χ2n) is 4.50. The number of hydrogen-bond acceptors (Lipinski definition) is 6. The number of nitrogens with zero attached hydrogens (tertiary/aromatic N) is 2. The Morgan fingerprint density at radius 2 is 2.14 bits per heavy atom. The van der Waals surface area contributed by atoms with Gasteiger partial charge in [0.15, 0.2) is 0 Å². The number of nitro benzene ring substituents is 1. The number of hydrogen-bond donors (Lipinski definition) is 1. The van der Waals surface area contributed by atoms with Gasteiger partial charge < -0.3 is 4.74 Å². The van der Waals surface area contributed by atoms with Gasteiger partial charge in [-0.2, -0.15) is 9.98 Å². The molecular formula is C12H15N3O5S. The van der Waals surface area contributed by atoms with Gasteiger partial charge in [0.2, 0.25) is 10.0 Å². The number of nitriles is 1. The van der Waals surface area contributed by atoms with Crippen LogP contribution >= 0.6 is 0 Å². The predicted octanol–water partition coefficient (Wildman–Crippen LogP) is 1.57. The summed E-state index contributed by atoms with van der Waals surface area (Å²) < 4.78 is 31.9. The second-order valence-corrected chi connectivity index (χ2v) is 6.15. The summed E-state index contributed by atoms with van der Waals surface area (Å²) in [5, 5.41) is 19.8. The molecule has 0 radical (unpaired) electrons. The molecule has 0 saturated carbocycles. The van der Waals surface area contributed by atoms with Gasteiger partial charge in [0.25, 0.3) is 5.69 Å². The first-order chi connectivity index (χ1) is 9.69. The van der Waals surface area contributed by atoms with Crippen LogP contribution in [-0.2, 0) is 10.0 Å². The topological polar surface area (TPSA) is 122 Å². The van der Waals surface area contributed by atoms with Crippen LogP contribution in [-0.4, -0.2) is 26.0 Å². The minimum absolute atomic E-state index is 0.0375. The Bertz CT molecular complexity index is 695. The van der Waals surface area contributed by atoms with Crippen molar-refractivity contribution in [1.82, 2.24) is 4.72 Å². The fourth-order valence-electron chi connectivity index (χ4n) is 1.51. The van der Waals surface area contributed by atoms with E-state index in [9.17, 15) is 18.5 Å². The number of benzene rings is 1. The van der Waals surface area contributed by atoms with E-state index < -0.39 is 20.5 Å². The average molecular weight is 313 g/mol. The summed E-state index contributed by atoms with van der Waals surface area (Å²) in [6.45, 7) is 3.07. The van der Waals surface area contributed by atoms with Crippen LogP contribution in [0.5, 0.6) is 5.75 Å². The van der Waals surface area contributed by atoms with Crippen LogP contribution in [0.3, 0.4) is 0 Å². The van der Waals surface area contributed by atoms with Gasteiger partial charge in [0.05, 0.1) is 18.1 Å². The normalized spacial score (nSPS) is 14.0. The molecule has 0 amide bonds. The maximum absolute atomic E-state index is 12.4. The Labute approximate surface area is 122 Å². The molecule has 1 aromatic rings. The largest absolute Gasteiger partial charge is 0.495 e. The quantitative estimate of drug-likeness (QED) is 0.628. The van der Waals surface area contributed by atoms with E-state index >= 15 is 0 Å². The van der Waals surface area contributed by atoms with Crippen LogP contribution in [0.4, 0.5) is 5.69 Å². The number of methoxy groups -OCH3 is 1. The standard InChI is InChI=1S/C12H15N3O5S/c1-4-12(2,8-13)14-21(18,19)11-7-9(15(16)17)5-6-10(11)20-3/h5-7,14H,4H2,1-3H3. The maximum Gasteiger partial charge on any atom is 0.271 e. The van der Waals surface area contributed by atoms with E-state index in [-0.39, 0.29) is 22.8 Å². The molecule has 0 aliphatic rings. The van der Waals surface area contributed by atoms with Crippen LogP contribution in [0.2, 0.25) is 0 Å². The summed E-state index contributed by atoms with van der Waals surface area (Å²) in [6.07, 6.45) is 0.236. The van der Waals surface area contributed by atoms with Crippen molar-refractivity contribution in [2.75, 3.05) is 7.11 Å². The zero-order chi connectivity index (χ0) is 16.3. The minimum Gasteiger partial charge on any atom is -0.495 e. The smallest absolute Gasteiger partial charge is 0.271 e. The highest BCUT2D eigenvalue weighted by Crippen LogP contribution is 2.29. The van der Waals surface area contributed by atoms with E-state index in [0.717, 1.165) is 12.1 Å². The molecule has 1 N–H and O–H groups in total. The Hall–Kier alpha value is -2.18. The lowest BCUT2D eigenvalue weighted by Gasteiger charge is -2.21. The predicted molar refractivity (Wildman–Crippen MR) is 74.3 cm³/mol. The molecule has 0 aliphatic heterocycles. The van der Waals surface area contributed by atoms with Crippen molar-refractivity contribution in [3.63, 3.8) is 0 Å². The lowest BCUT2D eigenvalue weighted by molar-refractivity contribution is -0.385. The highest BCUT2D eigenvalue weighted by Gasteiger charge is 2.31. The van der Waals surface area contributed by atoms with Gasteiger partial charge in [-0.1, -0.05) is 6.92 Å². The molecule has 9 heteroatoms. The molecule has 8 nitrogen and oxygen atoms in total. The SMILES string of the molecule is CCC(C)(C#N)NS(=O)(=O)c1cc([N+](=O)[O-])ccc1OC. The monoisotopic (exact) mass is 313 g/mol. The first-order valence-electron chi connectivity index (χ1n) is 5.97. The number of sulfonamides is 1. The molecule has 21 heavy (non-hydrogen) atoms. The zero-order valence-corrected chi connectivity index (χ0v) is 12.6. The molecule has 1 atom stereocenters. The van der Waals surface area contributed by atoms with Crippen LogP contribution < -0.4 is 9.46 Å². The van der Waals surface area contributed by atoms with Gasteiger partial charge in [-0.3, -0.25) is 10.1 Å². The number of non-ortho nitro benzene ring substituents is 1. The Morgan fingerprint density at radius 3 is 2.57 bits per heavy atom. The molecule has 0 heterocycles. The first-order valence-corrected chi connectivity index (χ1v) is 7.45. The first kappa shape index (κ1) is 16.9. The van der Waals surface area contributed by atoms with E-state index in [2.05, 4.69) is 4.72 Å². The van der Waals surface area contributed by atoms with E-state index in [1.807, 2.05) is 6.07 Å². The summed E-state index contributed by atoms with van der Waals surface area (Å²) >= 11 is 0. The van der Waals surface area contributed by atoms with E-state index in [1.165, 1.54) is 20.1 Å². The molecule has 0 aliphatic carbocycles. The molecule has 1 aromatic carbocycles. The maximum atomic E-state index is 12.4. The van der Waals surface area contributed by atoms with Gasteiger partial charge in [0, 0.05) is 12.1 Å². The van der Waals surface area contributed by atoms with Gasteiger partial charge in [-0.05, 0) is 19.4 Å². The summed E-state index contributed by atoms with van der Waals surface area (Å²) in [6, 6.07) is 5.10. The van der Waals surface area contributed by atoms with Crippen molar-refractivity contribution in [3.05, 3.63) is 28.3 Å². The fraction of sp³-hybridized carbons (Fsp3) is 0.417. The van der Waals surface area contributed by atoms with Gasteiger partial charge >= 0.3 is 0 Å². The van der Waals surface area contributed by atoms with Crippen molar-refractivity contribution in [3.8, 4) is 11.8 Å². The molecule has 1 rings (SSSR count). The number of nitrogens with one attached hydrogen (secondary N) is 1. The van der Waals surface area contributed by atoms with Crippen LogP contribution in [0, 0.1) is 21.4 Å². The van der Waals surface area contributed by atoms with Crippen molar-refractivity contribution in [2.45, 2.75) is 30.7 Å². The molecule has 0 bridgehead atoms. The second kappa shape index (κ2) is 6.07. The summed E-state index contributed by atoms with van der Waals surface area (Å²) in [5.74, 6) is -0.0375. The summed E-state index contributed by atoms with van der Waals surface area (Å²) in [7, 11) is -2.89. The molecule has 0 fully saturated rings. The number of rotatable bonds is 6. The van der Waals surface area contributed by atoms with Crippen LogP contribution in [0.15, 0.2) is 23.1 Å². The van der Waals surface area contributed by atoms with E-state index in [4.69, 9.17) is 10.00 Å². The van der Waals surface area contributed by atoms with Gasteiger partial charge in [-0.15, -0.1) is 0 Å². The molecule has 0 aromatic heterocycles. The highest BCUT2D eigenvalue weighted by molar-refractivity contribution is 7.89. The van der Waals surface area contributed by atoms with Gasteiger partial charge in [0.1, 0.15) is 16.2 Å². The zero-order valence-electron chi connectivity index (χ0n) is 11.8. The summed E-state index contributed by atoms with van der Waals surface area (Å²) in [4.78, 5) is 9.69. The van der Waals surface area contributed by atoms with Gasteiger partial charge in [-0.25, -0.2) is 8.42 Å². The molecule has 0 spiro atoms. The van der Waals surface area contributed by atoms with Crippen molar-refractivity contribution < 1.29 is 18.1 Å². The molecule has 0 saturated heterocycles. The third-order valence-corrected chi connectivity index (χ3v) is 4.58. The lowest BCUT2D eigenvalue weighted by Crippen LogP contribution is -2.44. The van der Waals surface area contributed by atoms with Crippen LogP contribution in [0.25, 0.3) is 0 Å². The molecular weight excluding hydrogens is 298 g/mol. The summed E-state index contributed by atoms with van der Waals surface area (Å²) in [5.41, 5.74) is -1.69. The van der Waals surface area contributed by atoms with Crippen molar-refractivity contribution in [2.24, 2.45) is 0 Å².